The zero-order valence-corrected chi connectivity index (χ0v) is 16.0. The molecule has 0 aliphatic carbocycles. The number of hydrogen-bond acceptors (Lipinski definition) is 4. The molecule has 0 heterocycles. The molecule has 0 unspecified atom stereocenters. The van der Waals surface area contributed by atoms with E-state index in [0.29, 0.717) is 25.4 Å². The fourth-order valence-corrected chi connectivity index (χ4v) is 1.65. The summed E-state index contributed by atoms with van der Waals surface area (Å²) in [5.41, 5.74) is 1.73. The zero-order valence-electron chi connectivity index (χ0n) is 13.7. The van der Waals surface area contributed by atoms with Crippen molar-refractivity contribution >= 4 is 41.7 Å². The third kappa shape index (κ3) is 9.24. The molecule has 1 rings (SSSR count). The van der Waals surface area contributed by atoms with Crippen LogP contribution in [0.3, 0.4) is 0 Å². The van der Waals surface area contributed by atoms with Gasteiger partial charge >= 0.3 is 6.09 Å². The van der Waals surface area contributed by atoms with Crippen LogP contribution in [0.1, 0.15) is 12.5 Å². The van der Waals surface area contributed by atoms with E-state index in [0.717, 1.165) is 18.1 Å². The van der Waals surface area contributed by atoms with E-state index in [1.54, 1.807) is 7.11 Å². The van der Waals surface area contributed by atoms with Crippen LogP contribution in [-0.4, -0.2) is 46.0 Å². The number of amides is 1. The largest absolute Gasteiger partial charge is 0.453 e. The lowest BCUT2D eigenvalue weighted by Gasteiger charge is -2.11. The van der Waals surface area contributed by atoms with E-state index < -0.39 is 6.09 Å². The lowest BCUT2D eigenvalue weighted by molar-refractivity contribution is 0.187. The Morgan fingerprint density at radius 3 is 2.43 bits per heavy atom. The first-order chi connectivity index (χ1) is 10.7. The number of rotatable bonds is 7. The predicted octanol–water partition coefficient (Wildman–Crippen LogP) is 2.18. The SMILES string of the molecule is CCNC(=NCc1ccc(NC(=O)OC)cc1)NCCOC.I. The summed E-state index contributed by atoms with van der Waals surface area (Å²) in [6.07, 6.45) is -0.484. The van der Waals surface area contributed by atoms with Gasteiger partial charge in [-0.15, -0.1) is 24.0 Å². The molecule has 130 valence electrons. The van der Waals surface area contributed by atoms with Crippen molar-refractivity contribution in [3.63, 3.8) is 0 Å². The number of carbonyl (C=O) groups excluding carboxylic acids is 1. The minimum atomic E-state index is -0.484. The van der Waals surface area contributed by atoms with Gasteiger partial charge in [-0.2, -0.15) is 0 Å². The van der Waals surface area contributed by atoms with E-state index in [1.807, 2.05) is 31.2 Å². The van der Waals surface area contributed by atoms with Gasteiger partial charge in [-0.3, -0.25) is 5.32 Å². The van der Waals surface area contributed by atoms with Gasteiger partial charge in [0.2, 0.25) is 0 Å². The highest BCUT2D eigenvalue weighted by molar-refractivity contribution is 14.0. The zero-order chi connectivity index (χ0) is 16.2. The molecule has 23 heavy (non-hydrogen) atoms. The van der Waals surface area contributed by atoms with Gasteiger partial charge in [-0.05, 0) is 24.6 Å². The molecule has 1 amide bonds. The lowest BCUT2D eigenvalue weighted by Crippen LogP contribution is -2.38. The summed E-state index contributed by atoms with van der Waals surface area (Å²) >= 11 is 0. The summed E-state index contributed by atoms with van der Waals surface area (Å²) in [5.74, 6) is 0.747. The van der Waals surface area contributed by atoms with Crippen molar-refractivity contribution in [3.8, 4) is 0 Å². The number of benzene rings is 1. The monoisotopic (exact) mass is 436 g/mol. The van der Waals surface area contributed by atoms with Crippen molar-refractivity contribution in [1.82, 2.24) is 10.6 Å². The van der Waals surface area contributed by atoms with E-state index in [4.69, 9.17) is 4.74 Å². The van der Waals surface area contributed by atoms with Crippen LogP contribution in [0.4, 0.5) is 10.5 Å². The first kappa shape index (κ1) is 21.4. The van der Waals surface area contributed by atoms with Crippen LogP contribution in [0.2, 0.25) is 0 Å². The smallest absolute Gasteiger partial charge is 0.411 e. The Hall–Kier alpha value is -1.55. The van der Waals surface area contributed by atoms with E-state index in [2.05, 4.69) is 25.7 Å². The highest BCUT2D eigenvalue weighted by Gasteiger charge is 2.01. The molecule has 0 saturated carbocycles. The molecule has 1 aromatic rings. The number of hydrogen-bond donors (Lipinski definition) is 3. The molecule has 0 spiro atoms. The molecular formula is C15H25IN4O3. The minimum absolute atomic E-state index is 0. The first-order valence-corrected chi connectivity index (χ1v) is 7.14. The Bertz CT molecular complexity index is 480. The standard InChI is InChI=1S/C15H24N4O3.HI/c1-4-16-14(17-9-10-21-2)18-11-12-5-7-13(8-6-12)19-15(20)22-3;/h5-8H,4,9-11H2,1-3H3,(H,19,20)(H2,16,17,18);1H. The molecule has 0 radical (unpaired) electrons. The number of aliphatic imine (C=N–C) groups is 1. The fourth-order valence-electron chi connectivity index (χ4n) is 1.65. The highest BCUT2D eigenvalue weighted by Crippen LogP contribution is 2.10. The number of nitrogens with one attached hydrogen (secondary N) is 3. The molecule has 0 atom stereocenters. The van der Waals surface area contributed by atoms with Gasteiger partial charge in [0.1, 0.15) is 0 Å². The molecule has 0 saturated heterocycles. The number of halogens is 1. The molecule has 0 fully saturated rings. The maximum absolute atomic E-state index is 11.1. The molecule has 0 aliphatic rings. The molecule has 7 nitrogen and oxygen atoms in total. The van der Waals surface area contributed by atoms with Crippen LogP contribution in [0.25, 0.3) is 0 Å². The number of guanidine groups is 1. The Labute approximate surface area is 154 Å². The molecule has 0 bridgehead atoms. The van der Waals surface area contributed by atoms with Gasteiger partial charge in [-0.25, -0.2) is 9.79 Å². The maximum Gasteiger partial charge on any atom is 0.411 e. The Kier molecular flexibility index (Phi) is 12.1. The van der Waals surface area contributed by atoms with Crippen LogP contribution < -0.4 is 16.0 Å². The highest BCUT2D eigenvalue weighted by atomic mass is 127. The van der Waals surface area contributed by atoms with Crippen molar-refractivity contribution in [2.24, 2.45) is 4.99 Å². The first-order valence-electron chi connectivity index (χ1n) is 7.14. The van der Waals surface area contributed by atoms with E-state index in [9.17, 15) is 4.79 Å². The molecule has 0 aromatic heterocycles. The number of carbonyl (C=O) groups is 1. The van der Waals surface area contributed by atoms with E-state index in [-0.39, 0.29) is 24.0 Å². The molecule has 0 aliphatic heterocycles. The topological polar surface area (TPSA) is 84.0 Å². The Balaban J connectivity index is 0.00000484. The number of nitrogens with zero attached hydrogens (tertiary/aromatic N) is 1. The van der Waals surface area contributed by atoms with Crippen LogP contribution in [0.5, 0.6) is 0 Å². The van der Waals surface area contributed by atoms with Crippen LogP contribution in [-0.2, 0) is 16.0 Å². The van der Waals surface area contributed by atoms with Crippen molar-refractivity contribution < 1.29 is 14.3 Å². The summed E-state index contributed by atoms with van der Waals surface area (Å²) in [6.45, 7) is 4.67. The van der Waals surface area contributed by atoms with Crippen LogP contribution >= 0.6 is 24.0 Å². The second-order valence-electron chi connectivity index (χ2n) is 4.43. The van der Waals surface area contributed by atoms with Gasteiger partial charge in [0.25, 0.3) is 0 Å². The average Bonchev–Trinajstić information content (AvgIpc) is 2.54. The van der Waals surface area contributed by atoms with Crippen LogP contribution in [0, 0.1) is 0 Å². The summed E-state index contributed by atoms with van der Waals surface area (Å²) < 4.78 is 9.54. The quantitative estimate of drug-likeness (QED) is 0.264. The summed E-state index contributed by atoms with van der Waals surface area (Å²) in [7, 11) is 2.99. The van der Waals surface area contributed by atoms with E-state index in [1.165, 1.54) is 7.11 Å². The third-order valence-electron chi connectivity index (χ3n) is 2.75. The van der Waals surface area contributed by atoms with Gasteiger partial charge in [0.05, 0.1) is 20.3 Å². The second kappa shape index (κ2) is 12.9. The summed E-state index contributed by atoms with van der Waals surface area (Å²) in [6, 6.07) is 7.45. The number of anilines is 1. The summed E-state index contributed by atoms with van der Waals surface area (Å²) in [5, 5.41) is 8.95. The minimum Gasteiger partial charge on any atom is -0.453 e. The Morgan fingerprint density at radius 2 is 1.87 bits per heavy atom. The molecule has 1 aromatic carbocycles. The van der Waals surface area contributed by atoms with Crippen LogP contribution in [0.15, 0.2) is 29.3 Å². The Morgan fingerprint density at radius 1 is 1.17 bits per heavy atom. The molecule has 8 heteroatoms. The average molecular weight is 436 g/mol. The lowest BCUT2D eigenvalue weighted by atomic mass is 10.2. The van der Waals surface area contributed by atoms with Crippen molar-refractivity contribution in [3.05, 3.63) is 29.8 Å². The normalized spacial score (nSPS) is 10.5. The van der Waals surface area contributed by atoms with Crippen molar-refractivity contribution in [2.45, 2.75) is 13.5 Å². The molecule has 3 N–H and O–H groups in total. The predicted molar refractivity (Wildman–Crippen MR) is 103 cm³/mol. The number of methoxy groups -OCH3 is 2. The van der Waals surface area contributed by atoms with Crippen molar-refractivity contribution in [2.75, 3.05) is 39.2 Å². The van der Waals surface area contributed by atoms with Gasteiger partial charge < -0.3 is 20.1 Å². The van der Waals surface area contributed by atoms with Crippen molar-refractivity contribution in [1.29, 1.82) is 0 Å². The third-order valence-corrected chi connectivity index (χ3v) is 2.75. The van der Waals surface area contributed by atoms with E-state index >= 15 is 0 Å². The fraction of sp³-hybridized carbons (Fsp3) is 0.467. The maximum atomic E-state index is 11.1. The van der Waals surface area contributed by atoms with Gasteiger partial charge in [0.15, 0.2) is 5.96 Å². The molecular weight excluding hydrogens is 411 g/mol. The van der Waals surface area contributed by atoms with Gasteiger partial charge in [0, 0.05) is 25.9 Å². The summed E-state index contributed by atoms with van der Waals surface area (Å²) in [4.78, 5) is 15.6. The van der Waals surface area contributed by atoms with Gasteiger partial charge in [-0.1, -0.05) is 12.1 Å². The second-order valence-corrected chi connectivity index (χ2v) is 4.43. The number of ether oxygens (including phenoxy) is 2.